The molecule has 0 amide bonds. The van der Waals surface area contributed by atoms with E-state index in [4.69, 9.17) is 4.74 Å². The lowest BCUT2D eigenvalue weighted by Gasteiger charge is -2.26. The molecule has 1 aliphatic carbocycles. The van der Waals surface area contributed by atoms with Crippen molar-refractivity contribution in [2.24, 2.45) is 0 Å². The standard InChI is InChI=1S/C15H20O3/c1-5-9(4)13-12(18-8(2)3)7-10-6-11(16)14(10)15(13)17/h7-9,17H,5-6H2,1-4H3/t9-/m0/s1. The molecule has 3 nitrogen and oxygen atoms in total. The molecule has 98 valence electrons. The highest BCUT2D eigenvalue weighted by Crippen LogP contribution is 2.44. The first kappa shape index (κ1) is 12.9. The number of Topliss-reactive ketones (excluding diaryl/α,β-unsaturated/α-hetero) is 1. The second-order valence-corrected chi connectivity index (χ2v) is 5.25. The minimum absolute atomic E-state index is 0.0307. The van der Waals surface area contributed by atoms with E-state index in [9.17, 15) is 9.90 Å². The maximum absolute atomic E-state index is 11.5. The number of phenols is 1. The number of rotatable bonds is 4. The van der Waals surface area contributed by atoms with Gasteiger partial charge in [0, 0.05) is 12.0 Å². The monoisotopic (exact) mass is 248 g/mol. The number of hydrogen-bond acceptors (Lipinski definition) is 3. The molecule has 0 spiro atoms. The second kappa shape index (κ2) is 4.63. The largest absolute Gasteiger partial charge is 0.507 e. The van der Waals surface area contributed by atoms with Gasteiger partial charge in [-0.3, -0.25) is 4.79 Å². The van der Waals surface area contributed by atoms with Crippen LogP contribution in [0.15, 0.2) is 6.07 Å². The van der Waals surface area contributed by atoms with Gasteiger partial charge in [0.15, 0.2) is 5.78 Å². The van der Waals surface area contributed by atoms with Crippen LogP contribution in [0.1, 0.15) is 61.5 Å². The number of aromatic hydroxyl groups is 1. The van der Waals surface area contributed by atoms with E-state index >= 15 is 0 Å². The molecule has 18 heavy (non-hydrogen) atoms. The predicted molar refractivity (Wildman–Crippen MR) is 70.6 cm³/mol. The normalized spacial score (nSPS) is 15.3. The lowest BCUT2D eigenvalue weighted by Crippen LogP contribution is -2.21. The summed E-state index contributed by atoms with van der Waals surface area (Å²) in [6, 6.07) is 1.91. The van der Waals surface area contributed by atoms with E-state index in [-0.39, 0.29) is 23.6 Å². The predicted octanol–water partition coefficient (Wildman–Crippen LogP) is 3.43. The number of ether oxygens (including phenoxy) is 1. The number of ketones is 1. The van der Waals surface area contributed by atoms with Crippen molar-refractivity contribution in [3.8, 4) is 11.5 Å². The maximum atomic E-state index is 11.5. The Morgan fingerprint density at radius 3 is 2.56 bits per heavy atom. The van der Waals surface area contributed by atoms with E-state index in [2.05, 4.69) is 6.92 Å². The smallest absolute Gasteiger partial charge is 0.171 e. The third kappa shape index (κ3) is 1.98. The average molecular weight is 248 g/mol. The Kier molecular flexibility index (Phi) is 3.33. The van der Waals surface area contributed by atoms with Crippen molar-refractivity contribution in [1.82, 2.24) is 0 Å². The lowest BCUT2D eigenvalue weighted by molar-refractivity contribution is 0.0963. The van der Waals surface area contributed by atoms with Crippen LogP contribution in [0.3, 0.4) is 0 Å². The number of phenolic OH excluding ortho intramolecular Hbond substituents is 1. The summed E-state index contributed by atoms with van der Waals surface area (Å²) in [6.45, 7) is 8.02. The van der Waals surface area contributed by atoms with Crippen molar-refractivity contribution in [2.45, 2.75) is 52.6 Å². The van der Waals surface area contributed by atoms with Crippen LogP contribution in [-0.4, -0.2) is 17.0 Å². The fraction of sp³-hybridized carbons (Fsp3) is 0.533. The first-order valence-electron chi connectivity index (χ1n) is 6.54. The third-order valence-corrected chi connectivity index (χ3v) is 3.48. The van der Waals surface area contributed by atoms with Gasteiger partial charge in [-0.15, -0.1) is 0 Å². The molecule has 1 aromatic carbocycles. The molecule has 0 unspecified atom stereocenters. The molecule has 2 rings (SSSR count). The van der Waals surface area contributed by atoms with Crippen molar-refractivity contribution in [3.05, 3.63) is 22.8 Å². The third-order valence-electron chi connectivity index (χ3n) is 3.48. The van der Waals surface area contributed by atoms with Crippen molar-refractivity contribution in [2.75, 3.05) is 0 Å². The number of carbonyl (C=O) groups excluding carboxylic acids is 1. The number of hydrogen-bond donors (Lipinski definition) is 1. The second-order valence-electron chi connectivity index (χ2n) is 5.25. The number of benzene rings is 1. The molecule has 3 heteroatoms. The molecule has 0 saturated heterocycles. The Balaban J connectivity index is 2.55. The molecule has 0 fully saturated rings. The van der Waals surface area contributed by atoms with E-state index in [0.717, 1.165) is 23.3 Å². The molecule has 0 aliphatic heterocycles. The number of fused-ring (bicyclic) bond motifs is 1. The van der Waals surface area contributed by atoms with Crippen LogP contribution in [0, 0.1) is 0 Å². The molecular weight excluding hydrogens is 228 g/mol. The van der Waals surface area contributed by atoms with E-state index in [1.807, 2.05) is 26.8 Å². The summed E-state index contributed by atoms with van der Waals surface area (Å²) in [5, 5.41) is 10.3. The Hall–Kier alpha value is -1.51. The minimum Gasteiger partial charge on any atom is -0.507 e. The molecule has 1 aliphatic rings. The first-order chi connectivity index (χ1) is 8.45. The van der Waals surface area contributed by atoms with Crippen LogP contribution >= 0.6 is 0 Å². The van der Waals surface area contributed by atoms with Gasteiger partial charge in [-0.05, 0) is 37.8 Å². The van der Waals surface area contributed by atoms with Crippen LogP contribution in [0.25, 0.3) is 0 Å². The molecule has 1 N–H and O–H groups in total. The molecule has 0 radical (unpaired) electrons. The zero-order chi connectivity index (χ0) is 13.4. The Morgan fingerprint density at radius 1 is 1.39 bits per heavy atom. The van der Waals surface area contributed by atoms with Crippen LogP contribution in [0.4, 0.5) is 0 Å². The van der Waals surface area contributed by atoms with Gasteiger partial charge in [-0.2, -0.15) is 0 Å². The van der Waals surface area contributed by atoms with E-state index in [0.29, 0.717) is 12.0 Å². The van der Waals surface area contributed by atoms with Gasteiger partial charge in [-0.1, -0.05) is 13.8 Å². The van der Waals surface area contributed by atoms with Crippen LogP contribution in [-0.2, 0) is 6.42 Å². The summed E-state index contributed by atoms with van der Waals surface area (Å²) in [4.78, 5) is 11.5. The lowest BCUT2D eigenvalue weighted by atomic mass is 9.81. The Bertz CT molecular complexity index is 489. The van der Waals surface area contributed by atoms with Gasteiger partial charge in [0.25, 0.3) is 0 Å². The SMILES string of the molecule is CC[C@H](C)c1c(OC(C)C)cc2c(c1O)C(=O)C2. The quantitative estimate of drug-likeness (QED) is 0.888. The summed E-state index contributed by atoms with van der Waals surface area (Å²) >= 11 is 0. The molecule has 1 atom stereocenters. The number of carbonyl (C=O) groups is 1. The zero-order valence-electron chi connectivity index (χ0n) is 11.4. The minimum atomic E-state index is 0.0307. The van der Waals surface area contributed by atoms with Crippen molar-refractivity contribution < 1.29 is 14.6 Å². The highest BCUT2D eigenvalue weighted by atomic mass is 16.5. The highest BCUT2D eigenvalue weighted by Gasteiger charge is 2.32. The summed E-state index contributed by atoms with van der Waals surface area (Å²) in [7, 11) is 0. The highest BCUT2D eigenvalue weighted by molar-refractivity contribution is 6.09. The van der Waals surface area contributed by atoms with Gasteiger partial charge in [0.05, 0.1) is 11.7 Å². The van der Waals surface area contributed by atoms with Gasteiger partial charge in [0.1, 0.15) is 11.5 Å². The van der Waals surface area contributed by atoms with Crippen molar-refractivity contribution in [1.29, 1.82) is 0 Å². The fourth-order valence-corrected chi connectivity index (χ4v) is 2.35. The molecule has 0 bridgehead atoms. The van der Waals surface area contributed by atoms with Crippen LogP contribution in [0.2, 0.25) is 0 Å². The molecule has 0 aromatic heterocycles. The summed E-state index contributed by atoms with van der Waals surface area (Å²) in [5.74, 6) is 1.07. The fourth-order valence-electron chi connectivity index (χ4n) is 2.35. The first-order valence-corrected chi connectivity index (χ1v) is 6.54. The molecular formula is C15H20O3. The van der Waals surface area contributed by atoms with Gasteiger partial charge in [-0.25, -0.2) is 0 Å². The Labute approximate surface area is 108 Å². The van der Waals surface area contributed by atoms with Crippen molar-refractivity contribution in [3.63, 3.8) is 0 Å². The van der Waals surface area contributed by atoms with Gasteiger partial charge in [0.2, 0.25) is 0 Å². The summed E-state index contributed by atoms with van der Waals surface area (Å²) < 4.78 is 5.78. The van der Waals surface area contributed by atoms with E-state index in [1.165, 1.54) is 0 Å². The Morgan fingerprint density at radius 2 is 2.06 bits per heavy atom. The van der Waals surface area contributed by atoms with Gasteiger partial charge >= 0.3 is 0 Å². The summed E-state index contributed by atoms with van der Waals surface area (Å²) in [6.07, 6.45) is 1.37. The topological polar surface area (TPSA) is 46.5 Å². The van der Waals surface area contributed by atoms with Crippen molar-refractivity contribution >= 4 is 5.78 Å². The molecule has 0 heterocycles. The van der Waals surface area contributed by atoms with Gasteiger partial charge < -0.3 is 9.84 Å². The summed E-state index contributed by atoms with van der Waals surface area (Å²) in [5.41, 5.74) is 2.18. The molecule has 0 saturated carbocycles. The maximum Gasteiger partial charge on any atom is 0.171 e. The van der Waals surface area contributed by atoms with Crippen LogP contribution in [0.5, 0.6) is 11.5 Å². The van der Waals surface area contributed by atoms with E-state index in [1.54, 1.807) is 0 Å². The molecule has 1 aromatic rings. The average Bonchev–Trinajstić information content (AvgIpc) is 2.25. The van der Waals surface area contributed by atoms with E-state index < -0.39 is 0 Å². The zero-order valence-corrected chi connectivity index (χ0v) is 11.4. The van der Waals surface area contributed by atoms with Crippen LogP contribution < -0.4 is 4.74 Å².